The summed E-state index contributed by atoms with van der Waals surface area (Å²) < 4.78 is 5.58. The highest BCUT2D eigenvalue weighted by atomic mass is 16.5. The summed E-state index contributed by atoms with van der Waals surface area (Å²) in [7, 11) is 0. The SMILES string of the molecule is Cc1ccccc1OCNC1CC1. The Morgan fingerprint density at radius 3 is 2.85 bits per heavy atom. The Kier molecular flexibility index (Phi) is 2.50. The molecule has 2 rings (SSSR count). The van der Waals surface area contributed by atoms with E-state index in [4.69, 9.17) is 4.74 Å². The van der Waals surface area contributed by atoms with E-state index in [0.717, 1.165) is 5.75 Å². The Hall–Kier alpha value is -1.02. The lowest BCUT2D eigenvalue weighted by Crippen LogP contribution is -2.22. The van der Waals surface area contributed by atoms with E-state index >= 15 is 0 Å². The minimum absolute atomic E-state index is 0.634. The van der Waals surface area contributed by atoms with Gasteiger partial charge in [0.1, 0.15) is 12.5 Å². The van der Waals surface area contributed by atoms with Crippen molar-refractivity contribution >= 4 is 0 Å². The average Bonchev–Trinajstić information content (AvgIpc) is 2.92. The van der Waals surface area contributed by atoms with Crippen LogP contribution in [0.25, 0.3) is 0 Å². The maximum atomic E-state index is 5.58. The Balaban J connectivity index is 1.82. The minimum atomic E-state index is 0.634. The summed E-state index contributed by atoms with van der Waals surface area (Å²) in [4.78, 5) is 0. The lowest BCUT2D eigenvalue weighted by molar-refractivity contribution is 0.280. The van der Waals surface area contributed by atoms with Gasteiger partial charge in [-0.05, 0) is 31.4 Å². The van der Waals surface area contributed by atoms with Gasteiger partial charge in [-0.25, -0.2) is 0 Å². The van der Waals surface area contributed by atoms with E-state index in [1.165, 1.54) is 18.4 Å². The Labute approximate surface area is 78.9 Å². The van der Waals surface area contributed by atoms with Gasteiger partial charge in [0.2, 0.25) is 0 Å². The number of para-hydroxylation sites is 1. The van der Waals surface area contributed by atoms with Crippen molar-refractivity contribution in [2.45, 2.75) is 25.8 Å². The van der Waals surface area contributed by atoms with Crippen molar-refractivity contribution in [1.29, 1.82) is 0 Å². The first-order valence-corrected chi connectivity index (χ1v) is 4.78. The number of nitrogens with one attached hydrogen (secondary N) is 1. The Morgan fingerprint density at radius 2 is 2.15 bits per heavy atom. The quantitative estimate of drug-likeness (QED) is 0.711. The van der Waals surface area contributed by atoms with E-state index in [1.807, 2.05) is 18.2 Å². The number of hydrogen-bond donors (Lipinski definition) is 1. The normalized spacial score (nSPS) is 15.8. The molecule has 1 fully saturated rings. The predicted octanol–water partition coefficient (Wildman–Crippen LogP) is 2.08. The van der Waals surface area contributed by atoms with Gasteiger partial charge in [0.25, 0.3) is 0 Å². The molecule has 1 aliphatic carbocycles. The first-order valence-electron chi connectivity index (χ1n) is 4.78. The third-order valence-electron chi connectivity index (χ3n) is 2.27. The summed E-state index contributed by atoms with van der Waals surface area (Å²) in [5, 5.41) is 3.31. The fourth-order valence-electron chi connectivity index (χ4n) is 1.24. The maximum absolute atomic E-state index is 5.58. The van der Waals surface area contributed by atoms with Gasteiger partial charge in [0.15, 0.2) is 0 Å². The van der Waals surface area contributed by atoms with Gasteiger partial charge in [-0.2, -0.15) is 0 Å². The Morgan fingerprint density at radius 1 is 1.38 bits per heavy atom. The van der Waals surface area contributed by atoms with Gasteiger partial charge in [-0.1, -0.05) is 18.2 Å². The van der Waals surface area contributed by atoms with Gasteiger partial charge >= 0.3 is 0 Å². The highest BCUT2D eigenvalue weighted by Crippen LogP contribution is 2.19. The highest BCUT2D eigenvalue weighted by Gasteiger charge is 2.19. The van der Waals surface area contributed by atoms with Crippen molar-refractivity contribution in [3.05, 3.63) is 29.8 Å². The smallest absolute Gasteiger partial charge is 0.139 e. The third-order valence-corrected chi connectivity index (χ3v) is 2.27. The van der Waals surface area contributed by atoms with E-state index < -0.39 is 0 Å². The monoisotopic (exact) mass is 177 g/mol. The molecule has 0 saturated heterocycles. The van der Waals surface area contributed by atoms with Crippen molar-refractivity contribution in [3.8, 4) is 5.75 Å². The van der Waals surface area contributed by atoms with Crippen LogP contribution in [0, 0.1) is 6.92 Å². The number of rotatable bonds is 4. The molecule has 0 spiro atoms. The molecule has 1 N–H and O–H groups in total. The molecular formula is C11H15NO. The lowest BCUT2D eigenvalue weighted by Gasteiger charge is -2.08. The van der Waals surface area contributed by atoms with Crippen molar-refractivity contribution in [3.63, 3.8) is 0 Å². The zero-order valence-corrected chi connectivity index (χ0v) is 7.92. The van der Waals surface area contributed by atoms with Gasteiger partial charge < -0.3 is 4.74 Å². The summed E-state index contributed by atoms with van der Waals surface area (Å²) in [6, 6.07) is 8.80. The average molecular weight is 177 g/mol. The molecule has 0 heterocycles. The van der Waals surface area contributed by atoms with Crippen LogP contribution in [-0.4, -0.2) is 12.8 Å². The number of benzene rings is 1. The topological polar surface area (TPSA) is 21.3 Å². The van der Waals surface area contributed by atoms with E-state index in [9.17, 15) is 0 Å². The van der Waals surface area contributed by atoms with Crippen LogP contribution in [0.4, 0.5) is 0 Å². The third kappa shape index (κ3) is 2.46. The first-order chi connectivity index (χ1) is 6.36. The second-order valence-corrected chi connectivity index (χ2v) is 3.53. The molecule has 0 aromatic heterocycles. The summed E-state index contributed by atoms with van der Waals surface area (Å²) in [6.45, 7) is 2.70. The summed E-state index contributed by atoms with van der Waals surface area (Å²) in [5.41, 5.74) is 1.19. The van der Waals surface area contributed by atoms with Gasteiger partial charge in [0.05, 0.1) is 0 Å². The molecule has 0 radical (unpaired) electrons. The summed E-state index contributed by atoms with van der Waals surface area (Å²) >= 11 is 0. The minimum Gasteiger partial charge on any atom is -0.478 e. The van der Waals surface area contributed by atoms with Crippen LogP contribution >= 0.6 is 0 Å². The fourth-order valence-corrected chi connectivity index (χ4v) is 1.24. The highest BCUT2D eigenvalue weighted by molar-refractivity contribution is 5.31. The zero-order valence-electron chi connectivity index (χ0n) is 7.92. The van der Waals surface area contributed by atoms with E-state index in [2.05, 4.69) is 18.3 Å². The molecule has 1 saturated carbocycles. The first kappa shape index (κ1) is 8.57. The van der Waals surface area contributed by atoms with Gasteiger partial charge in [-0.15, -0.1) is 0 Å². The lowest BCUT2D eigenvalue weighted by atomic mass is 10.2. The van der Waals surface area contributed by atoms with Crippen LogP contribution in [0.3, 0.4) is 0 Å². The molecule has 13 heavy (non-hydrogen) atoms. The standard InChI is InChI=1S/C11H15NO/c1-9-4-2-3-5-11(9)13-8-12-10-6-7-10/h2-5,10,12H,6-8H2,1H3. The van der Waals surface area contributed by atoms with Crippen LogP contribution in [-0.2, 0) is 0 Å². The van der Waals surface area contributed by atoms with Crippen LogP contribution in [0.2, 0.25) is 0 Å². The van der Waals surface area contributed by atoms with E-state index in [0.29, 0.717) is 12.8 Å². The van der Waals surface area contributed by atoms with E-state index in [-0.39, 0.29) is 0 Å². The van der Waals surface area contributed by atoms with E-state index in [1.54, 1.807) is 0 Å². The zero-order chi connectivity index (χ0) is 9.10. The Bertz CT molecular complexity index is 281. The van der Waals surface area contributed by atoms with Crippen LogP contribution in [0.1, 0.15) is 18.4 Å². The van der Waals surface area contributed by atoms with Crippen molar-refractivity contribution in [1.82, 2.24) is 5.32 Å². The second-order valence-electron chi connectivity index (χ2n) is 3.53. The number of aryl methyl sites for hydroxylation is 1. The molecule has 1 aromatic rings. The van der Waals surface area contributed by atoms with Crippen molar-refractivity contribution in [2.24, 2.45) is 0 Å². The molecule has 0 unspecified atom stereocenters. The van der Waals surface area contributed by atoms with Crippen molar-refractivity contribution < 1.29 is 4.74 Å². The number of ether oxygens (including phenoxy) is 1. The predicted molar refractivity (Wildman–Crippen MR) is 52.8 cm³/mol. The van der Waals surface area contributed by atoms with Crippen LogP contribution < -0.4 is 10.1 Å². The molecule has 70 valence electrons. The molecule has 0 amide bonds. The van der Waals surface area contributed by atoms with Crippen molar-refractivity contribution in [2.75, 3.05) is 6.73 Å². The molecule has 2 nitrogen and oxygen atoms in total. The molecule has 0 atom stereocenters. The second kappa shape index (κ2) is 3.79. The maximum Gasteiger partial charge on any atom is 0.139 e. The summed E-state index contributed by atoms with van der Waals surface area (Å²) in [6.07, 6.45) is 2.61. The van der Waals surface area contributed by atoms with Crippen LogP contribution in [0.5, 0.6) is 5.75 Å². The molecular weight excluding hydrogens is 162 g/mol. The largest absolute Gasteiger partial charge is 0.478 e. The number of hydrogen-bond acceptors (Lipinski definition) is 2. The molecule has 0 aliphatic heterocycles. The molecule has 1 aliphatic rings. The summed E-state index contributed by atoms with van der Waals surface area (Å²) in [5.74, 6) is 0.982. The molecule has 0 bridgehead atoms. The molecule has 2 heteroatoms. The van der Waals surface area contributed by atoms with Gasteiger partial charge in [0, 0.05) is 6.04 Å². The van der Waals surface area contributed by atoms with Gasteiger partial charge in [-0.3, -0.25) is 5.32 Å². The fraction of sp³-hybridized carbons (Fsp3) is 0.455. The van der Waals surface area contributed by atoms with Crippen LogP contribution in [0.15, 0.2) is 24.3 Å². The molecule has 1 aromatic carbocycles.